The maximum Gasteiger partial charge on any atom is 0.189 e. The molecule has 4 heteroatoms. The first kappa shape index (κ1) is 7.56. The Morgan fingerprint density at radius 3 is 3.07 bits per heavy atom. The minimum absolute atomic E-state index is 0.217. The van der Waals surface area contributed by atoms with Crippen molar-refractivity contribution < 1.29 is 10.8 Å². The Bertz CT molecular complexity index is 436. The molecule has 0 bridgehead atoms. The fourth-order valence-electron chi connectivity index (χ4n) is 1.69. The largest absolute Gasteiger partial charge is 0.485 e. The molecule has 0 fully saturated rings. The van der Waals surface area contributed by atoms with Crippen LogP contribution in [0.1, 0.15) is 1.37 Å². The normalized spacial score (nSPS) is 29.1. The van der Waals surface area contributed by atoms with Crippen molar-refractivity contribution in [1.82, 2.24) is 5.32 Å². The molecule has 0 spiro atoms. The van der Waals surface area contributed by atoms with E-state index in [0.29, 0.717) is 13.2 Å². The molecule has 3 rings (SSSR count). The van der Waals surface area contributed by atoms with Gasteiger partial charge in [-0.3, -0.25) is 4.99 Å². The number of ether oxygens (including phenoxy) is 2. The summed E-state index contributed by atoms with van der Waals surface area (Å²) in [6, 6.07) is 7.56. The van der Waals surface area contributed by atoms with E-state index in [1.807, 2.05) is 24.3 Å². The van der Waals surface area contributed by atoms with Gasteiger partial charge in [0.15, 0.2) is 17.6 Å². The Balaban J connectivity index is 1.80. The number of benzene rings is 1. The van der Waals surface area contributed by atoms with E-state index in [9.17, 15) is 0 Å². The number of para-hydroxylation sites is 2. The Labute approximate surface area is 89.3 Å². The van der Waals surface area contributed by atoms with Crippen molar-refractivity contribution in [3.63, 3.8) is 0 Å². The molecular formula is C11H12N2O2. The van der Waals surface area contributed by atoms with Gasteiger partial charge < -0.3 is 14.8 Å². The summed E-state index contributed by atoms with van der Waals surface area (Å²) in [7, 11) is 0. The molecule has 0 aliphatic carbocycles. The lowest BCUT2D eigenvalue weighted by Crippen LogP contribution is -2.42. The zero-order valence-corrected chi connectivity index (χ0v) is 8.14. The molecule has 0 amide bonds. The number of hydrogen-bond donors (Lipinski definition) is 1. The van der Waals surface area contributed by atoms with Crippen molar-refractivity contribution in [3.05, 3.63) is 24.3 Å². The van der Waals surface area contributed by atoms with Crippen molar-refractivity contribution in [2.24, 2.45) is 4.99 Å². The van der Waals surface area contributed by atoms with E-state index in [-0.39, 0.29) is 6.10 Å². The van der Waals surface area contributed by atoms with Crippen LogP contribution in [-0.2, 0) is 0 Å². The van der Waals surface area contributed by atoms with E-state index in [1.54, 1.807) is 0 Å². The number of fused-ring (bicyclic) bond motifs is 1. The lowest BCUT2D eigenvalue weighted by Gasteiger charge is -2.26. The summed E-state index contributed by atoms with van der Waals surface area (Å²) < 4.78 is 18.8. The molecule has 2 heterocycles. The molecule has 1 aromatic rings. The molecule has 0 aromatic heterocycles. The third-order valence-corrected chi connectivity index (χ3v) is 2.42. The molecular weight excluding hydrogens is 192 g/mol. The lowest BCUT2D eigenvalue weighted by atomic mass is 10.2. The highest BCUT2D eigenvalue weighted by Gasteiger charge is 2.26. The van der Waals surface area contributed by atoms with Crippen molar-refractivity contribution >= 4 is 5.84 Å². The molecule has 2 aliphatic rings. The lowest BCUT2D eigenvalue weighted by molar-refractivity contribution is 0.133. The second-order valence-electron chi connectivity index (χ2n) is 3.44. The van der Waals surface area contributed by atoms with Gasteiger partial charge in [0.2, 0.25) is 0 Å². The fourth-order valence-corrected chi connectivity index (χ4v) is 1.69. The first-order valence-corrected chi connectivity index (χ1v) is 4.95. The topological polar surface area (TPSA) is 42.8 Å². The summed E-state index contributed by atoms with van der Waals surface area (Å²) in [4.78, 5) is 4.15. The second kappa shape index (κ2) is 3.46. The predicted octanol–water partition coefficient (Wildman–Crippen LogP) is 0.828. The number of rotatable bonds is 1. The average Bonchev–Trinajstić information content (AvgIpc) is 2.75. The highest BCUT2D eigenvalue weighted by molar-refractivity contribution is 5.88. The molecule has 0 saturated carbocycles. The average molecular weight is 205 g/mol. The first-order chi connectivity index (χ1) is 7.83. The van der Waals surface area contributed by atoms with Gasteiger partial charge in [0, 0.05) is 6.54 Å². The van der Waals surface area contributed by atoms with Gasteiger partial charge in [-0.05, 0) is 12.1 Å². The van der Waals surface area contributed by atoms with Crippen molar-refractivity contribution in [2.75, 3.05) is 19.7 Å². The number of nitrogens with zero attached hydrogens (tertiary/aromatic N) is 1. The quantitative estimate of drug-likeness (QED) is 0.738. The van der Waals surface area contributed by atoms with Gasteiger partial charge in [0.1, 0.15) is 12.4 Å². The standard InChI is InChI=1S/C11H12N2O2/c1-2-4-9-8(3-1)14-7-10(15-9)11-12-5-6-13-11/h1-4,10H,5-7H2,(H,12,13)/i5D/t5-,10?/m1/s1. The monoisotopic (exact) mass is 205 g/mol. The highest BCUT2D eigenvalue weighted by atomic mass is 16.6. The summed E-state index contributed by atoms with van der Waals surface area (Å²) in [5, 5.41) is 3.06. The van der Waals surface area contributed by atoms with E-state index in [0.717, 1.165) is 17.3 Å². The third-order valence-electron chi connectivity index (χ3n) is 2.42. The van der Waals surface area contributed by atoms with Crippen molar-refractivity contribution in [2.45, 2.75) is 6.10 Å². The maximum atomic E-state index is 7.48. The number of nitrogens with one attached hydrogen (secondary N) is 1. The summed E-state index contributed by atoms with van der Waals surface area (Å²) in [5.41, 5.74) is 0. The zero-order chi connectivity index (χ0) is 11.0. The van der Waals surface area contributed by atoms with E-state index < -0.39 is 6.52 Å². The van der Waals surface area contributed by atoms with Gasteiger partial charge in [-0.2, -0.15) is 0 Å². The molecule has 1 aromatic carbocycles. The number of aliphatic imine (C=N–C) groups is 1. The van der Waals surface area contributed by atoms with Gasteiger partial charge in [0.25, 0.3) is 0 Å². The molecule has 15 heavy (non-hydrogen) atoms. The van der Waals surface area contributed by atoms with Gasteiger partial charge in [0.05, 0.1) is 7.89 Å². The first-order valence-electron chi connectivity index (χ1n) is 5.53. The van der Waals surface area contributed by atoms with Crippen LogP contribution in [-0.4, -0.2) is 31.6 Å². The summed E-state index contributed by atoms with van der Waals surface area (Å²) >= 11 is 0. The van der Waals surface area contributed by atoms with E-state index in [4.69, 9.17) is 10.8 Å². The third kappa shape index (κ3) is 1.52. The van der Waals surface area contributed by atoms with Gasteiger partial charge in [-0.25, -0.2) is 0 Å². The van der Waals surface area contributed by atoms with Crippen LogP contribution >= 0.6 is 0 Å². The fraction of sp³-hybridized carbons (Fsp3) is 0.364. The Morgan fingerprint density at radius 2 is 2.27 bits per heavy atom. The molecule has 2 atom stereocenters. The molecule has 4 nitrogen and oxygen atoms in total. The number of hydrogen-bond acceptors (Lipinski definition) is 4. The minimum atomic E-state index is -0.421. The summed E-state index contributed by atoms with van der Waals surface area (Å²) in [6.45, 7) is 0.572. The van der Waals surface area contributed by atoms with Crippen LogP contribution in [0.3, 0.4) is 0 Å². The van der Waals surface area contributed by atoms with E-state index in [1.165, 1.54) is 0 Å². The van der Waals surface area contributed by atoms with Crippen LogP contribution in [0.25, 0.3) is 0 Å². The van der Waals surface area contributed by atoms with Gasteiger partial charge in [-0.1, -0.05) is 12.1 Å². The van der Waals surface area contributed by atoms with Crippen molar-refractivity contribution in [1.29, 1.82) is 0 Å². The zero-order valence-electron chi connectivity index (χ0n) is 9.14. The van der Waals surface area contributed by atoms with Crippen LogP contribution in [0.5, 0.6) is 11.5 Å². The van der Waals surface area contributed by atoms with E-state index >= 15 is 0 Å². The molecule has 0 saturated heterocycles. The highest BCUT2D eigenvalue weighted by Crippen LogP contribution is 2.31. The molecule has 1 N–H and O–H groups in total. The second-order valence-corrected chi connectivity index (χ2v) is 3.44. The predicted molar refractivity (Wildman–Crippen MR) is 56.7 cm³/mol. The Hall–Kier alpha value is -1.71. The van der Waals surface area contributed by atoms with Crippen LogP contribution in [0, 0.1) is 0 Å². The Kier molecular flexibility index (Phi) is 1.74. The van der Waals surface area contributed by atoms with Gasteiger partial charge in [-0.15, -0.1) is 0 Å². The van der Waals surface area contributed by atoms with Crippen molar-refractivity contribution in [3.8, 4) is 11.5 Å². The molecule has 2 aliphatic heterocycles. The van der Waals surface area contributed by atoms with E-state index in [2.05, 4.69) is 10.3 Å². The summed E-state index contributed by atoms with van der Waals surface area (Å²) in [5.74, 6) is 2.21. The van der Waals surface area contributed by atoms with Gasteiger partial charge >= 0.3 is 0 Å². The smallest absolute Gasteiger partial charge is 0.189 e. The SMILES string of the molecule is [2H][C@@H]1CNC(C2COc3ccccc3O2)=N1. The van der Waals surface area contributed by atoms with Crippen LogP contribution in [0.15, 0.2) is 29.3 Å². The molecule has 1 unspecified atom stereocenters. The van der Waals surface area contributed by atoms with Crippen LogP contribution in [0.4, 0.5) is 0 Å². The summed E-state index contributed by atoms with van der Waals surface area (Å²) in [6.07, 6.45) is -0.217. The maximum absolute atomic E-state index is 7.48. The minimum Gasteiger partial charge on any atom is -0.485 e. The molecule has 78 valence electrons. The number of amidine groups is 1. The van der Waals surface area contributed by atoms with Crippen LogP contribution in [0.2, 0.25) is 0 Å². The molecule has 0 radical (unpaired) electrons. The van der Waals surface area contributed by atoms with Crippen LogP contribution < -0.4 is 14.8 Å². The Morgan fingerprint density at radius 1 is 1.40 bits per heavy atom.